The summed E-state index contributed by atoms with van der Waals surface area (Å²) in [5, 5.41) is 2.87. The molecule has 0 saturated carbocycles. The molecule has 1 aliphatic rings. The molecule has 3 aromatic rings. The van der Waals surface area contributed by atoms with Gasteiger partial charge in [-0.3, -0.25) is 19.8 Å². The van der Waals surface area contributed by atoms with Crippen molar-refractivity contribution in [3.05, 3.63) is 64.5 Å². The molecule has 1 unspecified atom stereocenters. The maximum Gasteiger partial charge on any atom is 0.272 e. The van der Waals surface area contributed by atoms with Crippen LogP contribution in [0.3, 0.4) is 0 Å². The van der Waals surface area contributed by atoms with Gasteiger partial charge in [-0.15, -0.1) is 0 Å². The van der Waals surface area contributed by atoms with Crippen molar-refractivity contribution < 1.29 is 0 Å². The molecule has 1 aliphatic heterocycles. The van der Waals surface area contributed by atoms with Crippen LogP contribution in [0.15, 0.2) is 47.7 Å². The molecule has 0 aliphatic carbocycles. The summed E-state index contributed by atoms with van der Waals surface area (Å²) in [6, 6.07) is 7.59. The van der Waals surface area contributed by atoms with Gasteiger partial charge in [-0.2, -0.15) is 0 Å². The number of piperidine rings is 1. The minimum absolute atomic E-state index is 0.0594. The molecule has 0 radical (unpaired) electrons. The molecule has 6 heteroatoms. The Bertz CT molecular complexity index is 854. The molecule has 0 aromatic carbocycles. The summed E-state index contributed by atoms with van der Waals surface area (Å²) in [5.41, 5.74) is 2.75. The smallest absolute Gasteiger partial charge is 0.272 e. The van der Waals surface area contributed by atoms with E-state index >= 15 is 0 Å². The van der Waals surface area contributed by atoms with Crippen LogP contribution in [0, 0.1) is 0 Å². The molecular weight excluding hydrogens is 290 g/mol. The van der Waals surface area contributed by atoms with Gasteiger partial charge in [0.2, 0.25) is 0 Å². The first kappa shape index (κ1) is 14.1. The number of hydrogen-bond acceptors (Lipinski definition) is 4. The van der Waals surface area contributed by atoms with Crippen molar-refractivity contribution >= 4 is 5.65 Å². The third kappa shape index (κ3) is 2.90. The molecule has 3 aromatic heterocycles. The molecule has 23 heavy (non-hydrogen) atoms. The van der Waals surface area contributed by atoms with Crippen LogP contribution in [0.25, 0.3) is 5.65 Å². The van der Waals surface area contributed by atoms with E-state index in [0.29, 0.717) is 18.1 Å². The van der Waals surface area contributed by atoms with Gasteiger partial charge in [-0.05, 0) is 36.9 Å². The summed E-state index contributed by atoms with van der Waals surface area (Å²) in [4.78, 5) is 23.2. The van der Waals surface area contributed by atoms with Gasteiger partial charge in [0, 0.05) is 43.8 Å². The predicted octanol–water partition coefficient (Wildman–Crippen LogP) is 1.80. The van der Waals surface area contributed by atoms with Gasteiger partial charge >= 0.3 is 0 Å². The summed E-state index contributed by atoms with van der Waals surface area (Å²) in [6.07, 6.45) is 7.85. The monoisotopic (exact) mass is 309 g/mol. The third-order valence-corrected chi connectivity index (χ3v) is 4.48. The summed E-state index contributed by atoms with van der Waals surface area (Å²) < 4.78 is 1.46. The zero-order valence-electron chi connectivity index (χ0n) is 12.9. The second-order valence-electron chi connectivity index (χ2n) is 6.10. The number of aromatic nitrogens is 4. The van der Waals surface area contributed by atoms with Crippen molar-refractivity contribution in [1.82, 2.24) is 24.5 Å². The number of nitrogens with one attached hydrogen (secondary N) is 1. The number of likely N-dealkylation sites (tertiary alicyclic amines) is 1. The van der Waals surface area contributed by atoms with Crippen LogP contribution in [0.4, 0.5) is 0 Å². The Labute approximate surface area is 133 Å². The standard InChI is InChI=1S/C17H19N5O/c23-17-9-15(20-16-5-7-19-22(16)17)12-21-8-2-4-14(11-21)13-3-1-6-18-10-13/h1,3,5-7,9-10,14,19H,2,4,8,11-12H2. The number of pyridine rings is 1. The fourth-order valence-corrected chi connectivity index (χ4v) is 3.38. The summed E-state index contributed by atoms with van der Waals surface area (Å²) in [6.45, 7) is 2.75. The van der Waals surface area contributed by atoms with Crippen LogP contribution < -0.4 is 5.56 Å². The minimum atomic E-state index is -0.0594. The lowest BCUT2D eigenvalue weighted by molar-refractivity contribution is 0.198. The maximum atomic E-state index is 12.1. The van der Waals surface area contributed by atoms with Gasteiger partial charge in [-0.25, -0.2) is 9.50 Å². The van der Waals surface area contributed by atoms with Crippen molar-refractivity contribution in [2.45, 2.75) is 25.3 Å². The first-order chi connectivity index (χ1) is 11.3. The van der Waals surface area contributed by atoms with Crippen molar-refractivity contribution in [3.63, 3.8) is 0 Å². The minimum Gasteiger partial charge on any atom is -0.297 e. The normalized spacial score (nSPS) is 19.2. The topological polar surface area (TPSA) is 66.3 Å². The Morgan fingerprint density at radius 1 is 1.35 bits per heavy atom. The largest absolute Gasteiger partial charge is 0.297 e. The highest BCUT2D eigenvalue weighted by Gasteiger charge is 2.22. The van der Waals surface area contributed by atoms with E-state index in [-0.39, 0.29) is 5.56 Å². The van der Waals surface area contributed by atoms with E-state index in [1.807, 2.05) is 24.5 Å². The van der Waals surface area contributed by atoms with E-state index in [4.69, 9.17) is 0 Å². The lowest BCUT2D eigenvalue weighted by atomic mass is 9.91. The fraction of sp³-hybridized carbons (Fsp3) is 0.353. The van der Waals surface area contributed by atoms with Crippen LogP contribution in [-0.2, 0) is 6.54 Å². The summed E-state index contributed by atoms with van der Waals surface area (Å²) in [7, 11) is 0. The molecule has 4 rings (SSSR count). The van der Waals surface area contributed by atoms with Crippen LogP contribution in [0.5, 0.6) is 0 Å². The van der Waals surface area contributed by atoms with Crippen LogP contribution in [0.1, 0.15) is 30.0 Å². The van der Waals surface area contributed by atoms with Crippen molar-refractivity contribution in [2.24, 2.45) is 0 Å². The van der Waals surface area contributed by atoms with Gasteiger partial charge < -0.3 is 0 Å². The number of H-pyrrole nitrogens is 1. The molecule has 118 valence electrons. The Kier molecular flexibility index (Phi) is 3.67. The van der Waals surface area contributed by atoms with E-state index in [0.717, 1.165) is 25.2 Å². The molecule has 0 bridgehead atoms. The average molecular weight is 309 g/mol. The molecule has 1 atom stereocenters. The highest BCUT2D eigenvalue weighted by atomic mass is 16.1. The number of aromatic amines is 1. The predicted molar refractivity (Wildman–Crippen MR) is 87.3 cm³/mol. The number of hydrogen-bond donors (Lipinski definition) is 1. The number of fused-ring (bicyclic) bond motifs is 1. The number of rotatable bonds is 3. The second-order valence-corrected chi connectivity index (χ2v) is 6.10. The molecule has 0 spiro atoms. The fourth-order valence-electron chi connectivity index (χ4n) is 3.38. The lowest BCUT2D eigenvalue weighted by Crippen LogP contribution is -2.34. The Morgan fingerprint density at radius 3 is 3.17 bits per heavy atom. The summed E-state index contributed by atoms with van der Waals surface area (Å²) >= 11 is 0. The van der Waals surface area contributed by atoms with E-state index in [9.17, 15) is 4.79 Å². The van der Waals surface area contributed by atoms with E-state index in [1.165, 1.54) is 16.5 Å². The van der Waals surface area contributed by atoms with Crippen molar-refractivity contribution in [3.8, 4) is 0 Å². The highest BCUT2D eigenvalue weighted by Crippen LogP contribution is 2.26. The Morgan fingerprint density at radius 2 is 2.30 bits per heavy atom. The second kappa shape index (κ2) is 5.96. The zero-order valence-corrected chi connectivity index (χ0v) is 12.9. The average Bonchev–Trinajstić information content (AvgIpc) is 3.05. The first-order valence-electron chi connectivity index (χ1n) is 7.98. The first-order valence-corrected chi connectivity index (χ1v) is 7.98. The van der Waals surface area contributed by atoms with E-state index < -0.39 is 0 Å². The van der Waals surface area contributed by atoms with Crippen LogP contribution >= 0.6 is 0 Å². The quantitative estimate of drug-likeness (QED) is 0.801. The van der Waals surface area contributed by atoms with Gasteiger partial charge in [0.05, 0.1) is 5.69 Å². The maximum absolute atomic E-state index is 12.1. The molecule has 1 saturated heterocycles. The number of nitrogens with zero attached hydrogens (tertiary/aromatic N) is 4. The summed E-state index contributed by atoms with van der Waals surface area (Å²) in [5.74, 6) is 0.509. The van der Waals surface area contributed by atoms with Crippen LogP contribution in [-0.4, -0.2) is 37.6 Å². The zero-order chi connectivity index (χ0) is 15.6. The van der Waals surface area contributed by atoms with Gasteiger partial charge in [0.15, 0.2) is 5.65 Å². The molecule has 0 amide bonds. The Hall–Kier alpha value is -2.47. The Balaban J connectivity index is 1.52. The third-order valence-electron chi connectivity index (χ3n) is 4.48. The van der Waals surface area contributed by atoms with E-state index in [1.54, 1.807) is 12.3 Å². The van der Waals surface area contributed by atoms with Crippen molar-refractivity contribution in [1.29, 1.82) is 0 Å². The van der Waals surface area contributed by atoms with Crippen LogP contribution in [0.2, 0.25) is 0 Å². The molecular formula is C17H19N5O. The molecule has 4 heterocycles. The van der Waals surface area contributed by atoms with E-state index in [2.05, 4.69) is 26.0 Å². The highest BCUT2D eigenvalue weighted by molar-refractivity contribution is 5.36. The van der Waals surface area contributed by atoms with Gasteiger partial charge in [0.1, 0.15) is 0 Å². The van der Waals surface area contributed by atoms with Crippen molar-refractivity contribution in [2.75, 3.05) is 13.1 Å². The molecule has 1 N–H and O–H groups in total. The van der Waals surface area contributed by atoms with Gasteiger partial charge in [0.25, 0.3) is 5.56 Å². The molecule has 1 fully saturated rings. The lowest BCUT2D eigenvalue weighted by Gasteiger charge is -2.32. The van der Waals surface area contributed by atoms with Gasteiger partial charge in [-0.1, -0.05) is 6.07 Å². The SMILES string of the molecule is O=c1cc(CN2CCCC(c3cccnc3)C2)nc2cc[nH]n12. The molecule has 6 nitrogen and oxygen atoms in total.